The normalized spacial score (nSPS) is 19.4. The third kappa shape index (κ3) is 3.24. The fourth-order valence-corrected chi connectivity index (χ4v) is 5.64. The highest BCUT2D eigenvalue weighted by atomic mass is 32.2. The molecule has 0 saturated heterocycles. The quantitative estimate of drug-likeness (QED) is 0.759. The van der Waals surface area contributed by atoms with Gasteiger partial charge in [-0.05, 0) is 42.7 Å². The fourth-order valence-electron chi connectivity index (χ4n) is 4.39. The van der Waals surface area contributed by atoms with Gasteiger partial charge in [0.05, 0.1) is 6.54 Å². The fraction of sp³-hybridized carbons (Fsp3) is 0.455. The van der Waals surface area contributed by atoms with E-state index in [-0.39, 0.29) is 5.91 Å². The SMILES string of the molecule is CN1Cc2cc(N3CCOc4cc(SC5CCCCC5)cnc43)ccc2C1=O. The van der Waals surface area contributed by atoms with Gasteiger partial charge in [-0.1, -0.05) is 19.3 Å². The summed E-state index contributed by atoms with van der Waals surface area (Å²) in [5.41, 5.74) is 2.97. The minimum absolute atomic E-state index is 0.103. The van der Waals surface area contributed by atoms with Crippen LogP contribution in [-0.4, -0.2) is 41.2 Å². The van der Waals surface area contributed by atoms with Gasteiger partial charge in [0.1, 0.15) is 6.61 Å². The second kappa shape index (κ2) is 7.32. The first-order valence-corrected chi connectivity index (χ1v) is 11.0. The Morgan fingerprint density at radius 2 is 2.04 bits per heavy atom. The van der Waals surface area contributed by atoms with Crippen molar-refractivity contribution in [2.75, 3.05) is 25.1 Å². The average molecular weight is 396 g/mol. The smallest absolute Gasteiger partial charge is 0.254 e. The standard InChI is InChI=1S/C22H25N3O2S/c1-24-14-15-11-16(7-8-19(15)22(24)26)25-9-10-27-20-12-18(13-23-21(20)25)28-17-5-3-2-4-6-17/h7-8,11-13,17H,2-6,9-10,14H2,1H3. The van der Waals surface area contributed by atoms with E-state index < -0.39 is 0 Å². The number of amides is 1. The van der Waals surface area contributed by atoms with Crippen molar-refractivity contribution in [3.63, 3.8) is 0 Å². The molecule has 0 spiro atoms. The first kappa shape index (κ1) is 17.9. The minimum atomic E-state index is 0.103. The third-order valence-electron chi connectivity index (χ3n) is 5.88. The van der Waals surface area contributed by atoms with Gasteiger partial charge in [-0.3, -0.25) is 4.79 Å². The van der Waals surface area contributed by atoms with Crippen LogP contribution in [-0.2, 0) is 6.54 Å². The van der Waals surface area contributed by atoms with Crippen LogP contribution in [0.4, 0.5) is 11.5 Å². The zero-order valence-corrected chi connectivity index (χ0v) is 17.0. The predicted molar refractivity (Wildman–Crippen MR) is 112 cm³/mol. The molecule has 3 heterocycles. The molecule has 0 radical (unpaired) electrons. The van der Waals surface area contributed by atoms with Gasteiger partial charge >= 0.3 is 0 Å². The van der Waals surface area contributed by atoms with E-state index in [0.29, 0.717) is 18.4 Å². The van der Waals surface area contributed by atoms with Gasteiger partial charge < -0.3 is 14.5 Å². The second-order valence-corrected chi connectivity index (χ2v) is 9.25. The van der Waals surface area contributed by atoms with E-state index in [9.17, 15) is 4.79 Å². The summed E-state index contributed by atoms with van der Waals surface area (Å²) in [6, 6.07) is 8.24. The van der Waals surface area contributed by atoms with Crippen molar-refractivity contribution in [3.8, 4) is 5.75 Å². The maximum Gasteiger partial charge on any atom is 0.254 e. The molecule has 1 aliphatic carbocycles. The minimum Gasteiger partial charge on any atom is -0.488 e. The molecule has 1 amide bonds. The highest BCUT2D eigenvalue weighted by Crippen LogP contribution is 2.40. The first-order valence-electron chi connectivity index (χ1n) is 10.1. The van der Waals surface area contributed by atoms with Crippen LogP contribution in [0.5, 0.6) is 5.75 Å². The number of pyridine rings is 1. The van der Waals surface area contributed by atoms with Crippen LogP contribution in [0, 0.1) is 0 Å². The van der Waals surface area contributed by atoms with Crippen molar-refractivity contribution in [2.45, 2.75) is 48.8 Å². The number of benzene rings is 1. The van der Waals surface area contributed by atoms with E-state index in [4.69, 9.17) is 9.72 Å². The summed E-state index contributed by atoms with van der Waals surface area (Å²) >= 11 is 1.95. The highest BCUT2D eigenvalue weighted by molar-refractivity contribution is 8.00. The molecule has 5 nitrogen and oxygen atoms in total. The summed E-state index contributed by atoms with van der Waals surface area (Å²) in [4.78, 5) is 22.1. The van der Waals surface area contributed by atoms with Crippen LogP contribution in [0.1, 0.15) is 48.0 Å². The average Bonchev–Trinajstić information content (AvgIpc) is 3.01. The number of nitrogens with zero attached hydrogens (tertiary/aromatic N) is 3. The van der Waals surface area contributed by atoms with E-state index in [1.54, 1.807) is 4.90 Å². The van der Waals surface area contributed by atoms with E-state index in [1.807, 2.05) is 37.1 Å². The summed E-state index contributed by atoms with van der Waals surface area (Å²) in [6.45, 7) is 2.07. The molecule has 2 aliphatic heterocycles. The molecule has 1 aromatic heterocycles. The van der Waals surface area contributed by atoms with Crippen molar-refractivity contribution < 1.29 is 9.53 Å². The Morgan fingerprint density at radius 1 is 1.18 bits per heavy atom. The summed E-state index contributed by atoms with van der Waals surface area (Å²) in [5.74, 6) is 1.84. The number of aromatic nitrogens is 1. The lowest BCUT2D eigenvalue weighted by Gasteiger charge is -2.31. The first-order chi connectivity index (χ1) is 13.7. The number of fused-ring (bicyclic) bond motifs is 2. The van der Waals surface area contributed by atoms with Crippen molar-refractivity contribution in [3.05, 3.63) is 41.6 Å². The summed E-state index contributed by atoms with van der Waals surface area (Å²) in [6.07, 6.45) is 8.66. The lowest BCUT2D eigenvalue weighted by atomic mass is 10.0. The van der Waals surface area contributed by atoms with Crippen molar-refractivity contribution in [1.82, 2.24) is 9.88 Å². The molecule has 1 fully saturated rings. The van der Waals surface area contributed by atoms with Crippen LogP contribution in [0.3, 0.4) is 0 Å². The number of thioether (sulfide) groups is 1. The topological polar surface area (TPSA) is 45.7 Å². The maximum absolute atomic E-state index is 12.2. The number of anilines is 2. The molecule has 2 aromatic rings. The van der Waals surface area contributed by atoms with Crippen molar-refractivity contribution in [2.24, 2.45) is 0 Å². The van der Waals surface area contributed by atoms with E-state index in [2.05, 4.69) is 17.0 Å². The van der Waals surface area contributed by atoms with Gasteiger partial charge in [-0.15, -0.1) is 11.8 Å². The highest BCUT2D eigenvalue weighted by Gasteiger charge is 2.27. The van der Waals surface area contributed by atoms with E-state index in [0.717, 1.165) is 34.9 Å². The van der Waals surface area contributed by atoms with Crippen LogP contribution < -0.4 is 9.64 Å². The molecule has 6 heteroatoms. The zero-order chi connectivity index (χ0) is 19.1. The summed E-state index contributed by atoms with van der Waals surface area (Å²) in [5, 5.41) is 0.708. The zero-order valence-electron chi connectivity index (χ0n) is 16.2. The molecule has 5 rings (SSSR count). The van der Waals surface area contributed by atoms with Gasteiger partial charge in [0.25, 0.3) is 5.91 Å². The Kier molecular flexibility index (Phi) is 4.67. The maximum atomic E-state index is 12.2. The van der Waals surface area contributed by atoms with Crippen molar-refractivity contribution >= 4 is 29.2 Å². The molecule has 0 unspecified atom stereocenters. The summed E-state index contributed by atoms with van der Waals surface area (Å²) in [7, 11) is 1.85. The van der Waals surface area contributed by atoms with E-state index >= 15 is 0 Å². The molecule has 0 bridgehead atoms. The van der Waals surface area contributed by atoms with Crippen LogP contribution in [0.2, 0.25) is 0 Å². The molecular weight excluding hydrogens is 370 g/mol. The second-order valence-electron chi connectivity index (χ2n) is 7.87. The van der Waals surface area contributed by atoms with Gasteiger partial charge in [-0.2, -0.15) is 0 Å². The number of ether oxygens (including phenoxy) is 1. The number of rotatable bonds is 3. The largest absolute Gasteiger partial charge is 0.488 e. The number of carbonyl (C=O) groups is 1. The van der Waals surface area contributed by atoms with Crippen LogP contribution in [0.25, 0.3) is 0 Å². The molecule has 0 N–H and O–H groups in total. The van der Waals surface area contributed by atoms with Crippen LogP contribution >= 0.6 is 11.8 Å². The number of hydrogen-bond donors (Lipinski definition) is 0. The third-order valence-corrected chi connectivity index (χ3v) is 7.18. The van der Waals surface area contributed by atoms with E-state index in [1.165, 1.54) is 37.0 Å². The van der Waals surface area contributed by atoms with Gasteiger partial charge in [0.15, 0.2) is 11.6 Å². The predicted octanol–water partition coefficient (Wildman–Crippen LogP) is 4.62. The van der Waals surface area contributed by atoms with Gasteiger partial charge in [0.2, 0.25) is 0 Å². The molecule has 0 atom stereocenters. The Labute approximate surface area is 170 Å². The summed E-state index contributed by atoms with van der Waals surface area (Å²) < 4.78 is 5.95. The Morgan fingerprint density at radius 3 is 2.89 bits per heavy atom. The molecule has 28 heavy (non-hydrogen) atoms. The lowest BCUT2D eigenvalue weighted by Crippen LogP contribution is -2.29. The Balaban J connectivity index is 1.40. The monoisotopic (exact) mass is 395 g/mol. The molecular formula is C22H25N3O2S. The molecule has 1 saturated carbocycles. The van der Waals surface area contributed by atoms with Crippen molar-refractivity contribution in [1.29, 1.82) is 0 Å². The Bertz CT molecular complexity index is 911. The van der Waals surface area contributed by atoms with Gasteiger partial charge in [-0.25, -0.2) is 4.98 Å². The molecule has 146 valence electrons. The molecule has 3 aliphatic rings. The number of hydrogen-bond acceptors (Lipinski definition) is 5. The lowest BCUT2D eigenvalue weighted by molar-refractivity contribution is 0.0816. The van der Waals surface area contributed by atoms with Gasteiger partial charge in [0, 0.05) is 41.2 Å². The Hall–Kier alpha value is -2.21. The molecule has 1 aromatic carbocycles. The van der Waals surface area contributed by atoms with Crippen LogP contribution in [0.15, 0.2) is 35.4 Å². The number of carbonyl (C=O) groups excluding carboxylic acids is 1.